The van der Waals surface area contributed by atoms with Crippen molar-refractivity contribution in [2.75, 3.05) is 0 Å². The van der Waals surface area contributed by atoms with Gasteiger partial charge in [0, 0.05) is 12.0 Å². The first kappa shape index (κ1) is 17.4. The van der Waals surface area contributed by atoms with Gasteiger partial charge in [-0.1, -0.05) is 61.5 Å². The van der Waals surface area contributed by atoms with Gasteiger partial charge in [0.05, 0.1) is 10.5 Å². The minimum absolute atomic E-state index is 0.0828. The minimum Gasteiger partial charge on any atom is -0.360 e. The summed E-state index contributed by atoms with van der Waals surface area (Å²) in [5.41, 5.74) is 3.44. The zero-order valence-electron chi connectivity index (χ0n) is 14.1. The van der Waals surface area contributed by atoms with Gasteiger partial charge in [-0.2, -0.15) is 0 Å². The number of nitrogens with zero attached hydrogens (tertiary/aromatic N) is 1. The maximum absolute atomic E-state index is 11.5. The van der Waals surface area contributed by atoms with Crippen molar-refractivity contribution in [3.8, 4) is 22.4 Å². The number of aromatic nitrogens is 1. The van der Waals surface area contributed by atoms with Crippen LogP contribution in [0.5, 0.6) is 0 Å². The summed E-state index contributed by atoms with van der Waals surface area (Å²) in [7, 11) is -3.72. The van der Waals surface area contributed by atoms with Crippen LogP contribution in [0.1, 0.15) is 19.6 Å². The van der Waals surface area contributed by atoms with E-state index in [4.69, 9.17) is 9.66 Å². The molecule has 0 amide bonds. The number of hydrogen-bond acceptors (Lipinski definition) is 4. The van der Waals surface area contributed by atoms with Crippen molar-refractivity contribution in [2.24, 2.45) is 11.1 Å². The quantitative estimate of drug-likeness (QED) is 0.752. The number of sulfonamides is 1. The Balaban J connectivity index is 2.14. The Morgan fingerprint density at radius 1 is 1.00 bits per heavy atom. The highest BCUT2D eigenvalue weighted by molar-refractivity contribution is 7.89. The molecule has 0 saturated carbocycles. The molecule has 1 heterocycles. The summed E-state index contributed by atoms with van der Waals surface area (Å²) < 4.78 is 28.6. The number of hydrogen-bond donors (Lipinski definition) is 1. The van der Waals surface area contributed by atoms with E-state index in [0.29, 0.717) is 5.92 Å². The Kier molecular flexibility index (Phi) is 4.74. The highest BCUT2D eigenvalue weighted by atomic mass is 32.2. The van der Waals surface area contributed by atoms with E-state index in [1.54, 1.807) is 12.1 Å². The molecule has 0 aliphatic rings. The lowest BCUT2D eigenvalue weighted by atomic mass is 9.96. The van der Waals surface area contributed by atoms with Gasteiger partial charge in [-0.25, -0.2) is 13.6 Å². The van der Waals surface area contributed by atoms with E-state index < -0.39 is 10.0 Å². The Morgan fingerprint density at radius 2 is 1.64 bits per heavy atom. The number of benzene rings is 2. The fourth-order valence-electron chi connectivity index (χ4n) is 2.74. The predicted octanol–water partition coefficient (Wildman–Crippen LogP) is 3.85. The molecule has 0 unspecified atom stereocenters. The van der Waals surface area contributed by atoms with Crippen molar-refractivity contribution in [2.45, 2.75) is 25.2 Å². The van der Waals surface area contributed by atoms with Gasteiger partial charge in [0.2, 0.25) is 10.0 Å². The van der Waals surface area contributed by atoms with Crippen LogP contribution in [0.2, 0.25) is 0 Å². The Hall–Kier alpha value is -2.44. The molecule has 0 spiro atoms. The first-order valence-corrected chi connectivity index (χ1v) is 9.58. The van der Waals surface area contributed by atoms with Crippen LogP contribution in [-0.4, -0.2) is 13.6 Å². The third kappa shape index (κ3) is 3.81. The second kappa shape index (κ2) is 6.82. The van der Waals surface area contributed by atoms with Crippen LogP contribution in [0.3, 0.4) is 0 Å². The molecule has 3 rings (SSSR count). The summed E-state index contributed by atoms with van der Waals surface area (Å²) in [5.74, 6) is 1.19. The molecule has 5 nitrogen and oxygen atoms in total. The smallest absolute Gasteiger partial charge is 0.238 e. The second-order valence-electron chi connectivity index (χ2n) is 6.36. The molecule has 3 aromatic rings. The minimum atomic E-state index is -3.72. The van der Waals surface area contributed by atoms with Crippen molar-refractivity contribution in [3.63, 3.8) is 0 Å². The van der Waals surface area contributed by atoms with Crippen LogP contribution in [0.25, 0.3) is 22.4 Å². The van der Waals surface area contributed by atoms with E-state index in [9.17, 15) is 8.42 Å². The molecule has 2 N–H and O–H groups in total. The maximum Gasteiger partial charge on any atom is 0.238 e. The zero-order valence-corrected chi connectivity index (χ0v) is 15.0. The normalized spacial score (nSPS) is 11.8. The van der Waals surface area contributed by atoms with Crippen molar-refractivity contribution < 1.29 is 12.9 Å². The summed E-state index contributed by atoms with van der Waals surface area (Å²) in [5, 5.41) is 9.45. The van der Waals surface area contributed by atoms with Gasteiger partial charge in [-0.15, -0.1) is 0 Å². The van der Waals surface area contributed by atoms with Crippen LogP contribution in [0.4, 0.5) is 0 Å². The number of nitrogens with two attached hydrogens (primary N) is 1. The molecular weight excluding hydrogens is 336 g/mol. The molecular formula is C19H20N2O3S. The average Bonchev–Trinajstić information content (AvgIpc) is 2.98. The summed E-state index contributed by atoms with van der Waals surface area (Å²) in [6, 6.07) is 16.3. The lowest BCUT2D eigenvalue weighted by Gasteiger charge is -2.07. The van der Waals surface area contributed by atoms with Crippen molar-refractivity contribution >= 4 is 10.0 Å². The molecule has 0 saturated heterocycles. The van der Waals surface area contributed by atoms with E-state index in [2.05, 4.69) is 19.0 Å². The predicted molar refractivity (Wildman–Crippen MR) is 97.3 cm³/mol. The molecule has 130 valence electrons. The van der Waals surface area contributed by atoms with E-state index in [1.807, 2.05) is 30.3 Å². The summed E-state index contributed by atoms with van der Waals surface area (Å²) in [4.78, 5) is 0.0828. The van der Waals surface area contributed by atoms with Gasteiger partial charge >= 0.3 is 0 Å². The first-order valence-electron chi connectivity index (χ1n) is 8.03. The van der Waals surface area contributed by atoms with Gasteiger partial charge in [0.1, 0.15) is 11.5 Å². The Labute approximate surface area is 147 Å². The molecule has 0 radical (unpaired) electrons. The summed E-state index contributed by atoms with van der Waals surface area (Å²) >= 11 is 0. The van der Waals surface area contributed by atoms with Gasteiger partial charge < -0.3 is 4.52 Å². The van der Waals surface area contributed by atoms with Crippen LogP contribution in [0, 0.1) is 5.92 Å². The third-order valence-electron chi connectivity index (χ3n) is 3.88. The third-order valence-corrected chi connectivity index (χ3v) is 4.80. The van der Waals surface area contributed by atoms with E-state index in [-0.39, 0.29) is 4.90 Å². The van der Waals surface area contributed by atoms with Crippen LogP contribution in [0.15, 0.2) is 64.0 Å². The highest BCUT2D eigenvalue weighted by Gasteiger charge is 2.20. The first-order chi connectivity index (χ1) is 11.9. The lowest BCUT2D eigenvalue weighted by Crippen LogP contribution is -2.11. The van der Waals surface area contributed by atoms with Crippen molar-refractivity contribution in [3.05, 3.63) is 60.4 Å². The van der Waals surface area contributed by atoms with Gasteiger partial charge in [0.15, 0.2) is 0 Å². The van der Waals surface area contributed by atoms with E-state index in [1.165, 1.54) is 12.1 Å². The fourth-order valence-corrected chi connectivity index (χ4v) is 3.25. The summed E-state index contributed by atoms with van der Waals surface area (Å²) in [6.07, 6.45) is 0.742. The average molecular weight is 356 g/mol. The number of rotatable bonds is 5. The molecule has 25 heavy (non-hydrogen) atoms. The lowest BCUT2D eigenvalue weighted by molar-refractivity contribution is 0.371. The van der Waals surface area contributed by atoms with E-state index in [0.717, 1.165) is 34.6 Å². The monoisotopic (exact) mass is 356 g/mol. The van der Waals surface area contributed by atoms with Crippen LogP contribution in [-0.2, 0) is 16.4 Å². The highest BCUT2D eigenvalue weighted by Crippen LogP contribution is 2.36. The maximum atomic E-state index is 11.5. The Morgan fingerprint density at radius 3 is 2.20 bits per heavy atom. The molecule has 0 aliphatic carbocycles. The molecule has 6 heteroatoms. The molecule has 0 fully saturated rings. The summed E-state index contributed by atoms with van der Waals surface area (Å²) in [6.45, 7) is 4.22. The molecule has 0 aliphatic heterocycles. The topological polar surface area (TPSA) is 86.2 Å². The number of primary sulfonamides is 1. The molecule has 0 bridgehead atoms. The molecule has 1 aromatic heterocycles. The van der Waals surface area contributed by atoms with Crippen LogP contribution < -0.4 is 5.14 Å². The largest absolute Gasteiger partial charge is 0.360 e. The van der Waals surface area contributed by atoms with Crippen molar-refractivity contribution in [1.82, 2.24) is 5.16 Å². The van der Waals surface area contributed by atoms with Gasteiger partial charge in [0.25, 0.3) is 0 Å². The van der Waals surface area contributed by atoms with Crippen LogP contribution >= 0.6 is 0 Å². The zero-order chi connectivity index (χ0) is 18.0. The second-order valence-corrected chi connectivity index (χ2v) is 7.92. The molecule has 0 atom stereocenters. The van der Waals surface area contributed by atoms with Gasteiger partial charge in [-0.3, -0.25) is 0 Å². The van der Waals surface area contributed by atoms with Crippen molar-refractivity contribution in [1.29, 1.82) is 0 Å². The molecule has 2 aromatic carbocycles. The fraction of sp³-hybridized carbons (Fsp3) is 0.211. The SMILES string of the molecule is CC(C)Cc1onc(-c2ccccc2)c1-c1ccc(S(N)(=O)=O)cc1. The van der Waals surface area contributed by atoms with E-state index >= 15 is 0 Å². The van der Waals surface area contributed by atoms with Gasteiger partial charge in [-0.05, 0) is 23.6 Å². The standard InChI is InChI=1S/C19H20N2O3S/c1-13(2)12-17-18(14-8-10-16(11-9-14)25(20,22)23)19(21-24-17)15-6-4-3-5-7-15/h3-11,13H,12H2,1-2H3,(H2,20,22,23). The Bertz CT molecular complexity index is 960.